The fourth-order valence-corrected chi connectivity index (χ4v) is 4.37. The maximum absolute atomic E-state index is 13.6. The number of amidine groups is 1. The minimum absolute atomic E-state index is 0.0954. The van der Waals surface area contributed by atoms with Crippen molar-refractivity contribution in [2.45, 2.75) is 19.4 Å². The van der Waals surface area contributed by atoms with Gasteiger partial charge in [-0.15, -0.1) is 0 Å². The Morgan fingerprint density at radius 3 is 2.56 bits per heavy atom. The molecule has 1 atom stereocenters. The van der Waals surface area contributed by atoms with Crippen molar-refractivity contribution in [2.24, 2.45) is 4.99 Å². The summed E-state index contributed by atoms with van der Waals surface area (Å²) in [5, 5.41) is 5.29. The van der Waals surface area contributed by atoms with Crippen molar-refractivity contribution in [2.75, 3.05) is 40.6 Å². The molecule has 0 saturated heterocycles. The van der Waals surface area contributed by atoms with Crippen LogP contribution in [0.3, 0.4) is 0 Å². The summed E-state index contributed by atoms with van der Waals surface area (Å²) in [6.45, 7) is 2.91. The highest BCUT2D eigenvalue weighted by molar-refractivity contribution is 8.16. The second-order valence-corrected chi connectivity index (χ2v) is 7.93. The summed E-state index contributed by atoms with van der Waals surface area (Å²) < 4.78 is 28.9. The highest BCUT2D eigenvalue weighted by Crippen LogP contribution is 2.44. The van der Waals surface area contributed by atoms with Gasteiger partial charge in [0.15, 0.2) is 5.17 Å². The molecule has 0 aliphatic carbocycles. The molecule has 0 fully saturated rings. The molecule has 32 heavy (non-hydrogen) atoms. The number of allylic oxidation sites excluding steroid dienone is 1. The first-order valence-electron chi connectivity index (χ1n) is 10.1. The van der Waals surface area contributed by atoms with Crippen LogP contribution in [0.15, 0.2) is 51.6 Å². The summed E-state index contributed by atoms with van der Waals surface area (Å²) in [5.74, 6) is -1.09. The molecule has 0 spiro atoms. The van der Waals surface area contributed by atoms with Gasteiger partial charge in [0, 0.05) is 26.5 Å². The fraction of sp³-hybridized carbons (Fsp3) is 0.409. The summed E-state index contributed by atoms with van der Waals surface area (Å²) in [6.07, 6.45) is 0.0957. The number of ether oxygens (including phenoxy) is 3. The largest absolute Gasteiger partial charge is 0.460 e. The molecule has 0 bridgehead atoms. The van der Waals surface area contributed by atoms with Crippen LogP contribution in [0.25, 0.3) is 0 Å². The van der Waals surface area contributed by atoms with Crippen molar-refractivity contribution in [1.82, 2.24) is 10.2 Å². The standard InChI is InChI=1S/C22H26FN3O5S/c1-14-19(21(28)31-11-10-30-3)20(15-4-6-16(23)7-5-15)26-17(13-32-22(26)25-14)12-18(27)24-8-9-29-2/h4-7,13,20H,8-12H2,1-3H3,(H,24,27). The van der Waals surface area contributed by atoms with E-state index in [1.807, 2.05) is 10.3 Å². The maximum Gasteiger partial charge on any atom is 0.338 e. The lowest BCUT2D eigenvalue weighted by molar-refractivity contribution is -0.141. The average molecular weight is 464 g/mol. The Morgan fingerprint density at radius 2 is 1.88 bits per heavy atom. The number of nitrogens with one attached hydrogen (secondary N) is 1. The number of thioether (sulfide) groups is 1. The third kappa shape index (κ3) is 5.56. The molecule has 1 unspecified atom stereocenters. The fourth-order valence-electron chi connectivity index (χ4n) is 3.41. The molecule has 0 saturated carbocycles. The number of nitrogens with zero attached hydrogens (tertiary/aromatic N) is 2. The zero-order chi connectivity index (χ0) is 23.1. The van der Waals surface area contributed by atoms with Crippen molar-refractivity contribution in [1.29, 1.82) is 0 Å². The monoisotopic (exact) mass is 463 g/mol. The van der Waals surface area contributed by atoms with Crippen molar-refractivity contribution in [3.8, 4) is 0 Å². The average Bonchev–Trinajstić information content (AvgIpc) is 3.15. The zero-order valence-electron chi connectivity index (χ0n) is 18.2. The molecule has 1 aromatic carbocycles. The Hall–Kier alpha value is -2.69. The molecule has 10 heteroatoms. The SMILES string of the molecule is COCCNC(=O)CC1=CSC2=NC(C)=C(C(=O)OCCOC)C(c3ccc(F)cc3)N12. The first kappa shape index (κ1) is 24.0. The Labute approximate surface area is 190 Å². The number of amides is 1. The van der Waals surface area contributed by atoms with Crippen molar-refractivity contribution in [3.63, 3.8) is 0 Å². The van der Waals surface area contributed by atoms with Crippen LogP contribution in [0, 0.1) is 5.82 Å². The number of hydrogen-bond donors (Lipinski definition) is 1. The van der Waals surface area contributed by atoms with E-state index >= 15 is 0 Å². The number of carbonyl (C=O) groups is 2. The summed E-state index contributed by atoms with van der Waals surface area (Å²) in [5.41, 5.74) is 2.22. The number of carbonyl (C=O) groups excluding carboxylic acids is 2. The summed E-state index contributed by atoms with van der Waals surface area (Å²) in [7, 11) is 3.08. The lowest BCUT2D eigenvalue weighted by Gasteiger charge is -2.36. The molecule has 1 aromatic rings. The lowest BCUT2D eigenvalue weighted by atomic mass is 9.94. The van der Waals surface area contributed by atoms with Gasteiger partial charge in [0.2, 0.25) is 5.91 Å². The third-order valence-electron chi connectivity index (χ3n) is 4.90. The number of hydrogen-bond acceptors (Lipinski definition) is 8. The molecule has 172 valence electrons. The van der Waals surface area contributed by atoms with Crippen LogP contribution in [0.4, 0.5) is 4.39 Å². The first-order valence-corrected chi connectivity index (χ1v) is 11.0. The smallest absolute Gasteiger partial charge is 0.338 e. The number of esters is 1. The van der Waals surface area contributed by atoms with Gasteiger partial charge in [0.1, 0.15) is 12.4 Å². The molecule has 0 radical (unpaired) electrons. The van der Waals surface area contributed by atoms with Gasteiger partial charge in [-0.2, -0.15) is 0 Å². The second kappa shape index (κ2) is 11.3. The van der Waals surface area contributed by atoms with Crippen molar-refractivity contribution in [3.05, 3.63) is 58.0 Å². The molecule has 8 nitrogen and oxygen atoms in total. The Kier molecular flexibility index (Phi) is 8.43. The van der Waals surface area contributed by atoms with E-state index in [0.29, 0.717) is 40.8 Å². The quantitative estimate of drug-likeness (QED) is 0.422. The predicted octanol–water partition coefficient (Wildman–Crippen LogP) is 2.74. The minimum atomic E-state index is -0.605. The summed E-state index contributed by atoms with van der Waals surface area (Å²) in [4.78, 5) is 31.9. The van der Waals surface area contributed by atoms with Crippen LogP contribution in [-0.2, 0) is 23.8 Å². The third-order valence-corrected chi connectivity index (χ3v) is 5.79. The van der Waals surface area contributed by atoms with Gasteiger partial charge in [-0.1, -0.05) is 23.9 Å². The van der Waals surface area contributed by atoms with Gasteiger partial charge in [0.25, 0.3) is 0 Å². The Morgan fingerprint density at radius 1 is 1.16 bits per heavy atom. The normalized spacial score (nSPS) is 17.6. The number of benzene rings is 1. The van der Waals surface area contributed by atoms with Crippen LogP contribution in [-0.4, -0.2) is 62.5 Å². The maximum atomic E-state index is 13.6. The summed E-state index contributed by atoms with van der Waals surface area (Å²) >= 11 is 1.37. The molecular weight excluding hydrogens is 437 g/mol. The molecule has 2 aliphatic heterocycles. The number of halogens is 1. The molecular formula is C22H26FN3O5S. The van der Waals surface area contributed by atoms with Gasteiger partial charge in [-0.25, -0.2) is 14.2 Å². The van der Waals surface area contributed by atoms with Gasteiger partial charge < -0.3 is 24.4 Å². The Balaban J connectivity index is 1.92. The Bertz CT molecular complexity index is 945. The minimum Gasteiger partial charge on any atom is -0.460 e. The van der Waals surface area contributed by atoms with E-state index in [1.54, 1.807) is 26.2 Å². The van der Waals surface area contributed by atoms with Crippen molar-refractivity contribution >= 4 is 28.8 Å². The van der Waals surface area contributed by atoms with Crippen LogP contribution in [0.2, 0.25) is 0 Å². The van der Waals surface area contributed by atoms with E-state index in [1.165, 1.54) is 31.0 Å². The molecule has 3 rings (SSSR count). The molecule has 2 aliphatic rings. The molecule has 1 N–H and O–H groups in total. The molecule has 1 amide bonds. The molecule has 2 heterocycles. The summed E-state index contributed by atoms with van der Waals surface area (Å²) in [6, 6.07) is 5.32. The van der Waals surface area contributed by atoms with Gasteiger partial charge >= 0.3 is 5.97 Å². The van der Waals surface area contributed by atoms with Gasteiger partial charge in [-0.3, -0.25) is 4.79 Å². The van der Waals surface area contributed by atoms with Crippen LogP contribution < -0.4 is 5.32 Å². The van der Waals surface area contributed by atoms with E-state index in [4.69, 9.17) is 14.2 Å². The first-order chi connectivity index (χ1) is 15.5. The highest BCUT2D eigenvalue weighted by Gasteiger charge is 2.41. The zero-order valence-corrected chi connectivity index (χ0v) is 19.0. The molecule has 0 aromatic heterocycles. The van der Waals surface area contributed by atoms with Gasteiger partial charge in [-0.05, 0) is 30.0 Å². The number of fused-ring (bicyclic) bond motifs is 1. The lowest BCUT2D eigenvalue weighted by Crippen LogP contribution is -2.38. The number of methoxy groups -OCH3 is 2. The topological polar surface area (TPSA) is 89.5 Å². The number of aliphatic imine (C=N–C) groups is 1. The van der Waals surface area contributed by atoms with E-state index in [-0.39, 0.29) is 31.4 Å². The predicted molar refractivity (Wildman–Crippen MR) is 119 cm³/mol. The van der Waals surface area contributed by atoms with E-state index < -0.39 is 12.0 Å². The van der Waals surface area contributed by atoms with Crippen molar-refractivity contribution < 1.29 is 28.2 Å². The van der Waals surface area contributed by atoms with Crippen LogP contribution in [0.5, 0.6) is 0 Å². The van der Waals surface area contributed by atoms with E-state index in [0.717, 1.165) is 0 Å². The highest BCUT2D eigenvalue weighted by atomic mass is 32.2. The number of rotatable bonds is 10. The van der Waals surface area contributed by atoms with E-state index in [9.17, 15) is 14.0 Å². The van der Waals surface area contributed by atoms with Crippen LogP contribution in [0.1, 0.15) is 24.9 Å². The van der Waals surface area contributed by atoms with Gasteiger partial charge in [0.05, 0.1) is 36.9 Å². The van der Waals surface area contributed by atoms with E-state index in [2.05, 4.69) is 10.3 Å². The van der Waals surface area contributed by atoms with Crippen LogP contribution >= 0.6 is 11.8 Å². The second-order valence-electron chi connectivity index (χ2n) is 7.09.